The van der Waals surface area contributed by atoms with Crippen molar-refractivity contribution in [2.24, 2.45) is 15.9 Å². The average Bonchev–Trinajstić information content (AvgIpc) is 3.59. The Balaban J connectivity index is 1.55. The van der Waals surface area contributed by atoms with E-state index in [1.807, 2.05) is 12.4 Å². The van der Waals surface area contributed by atoms with Gasteiger partial charge in [-0.2, -0.15) is 0 Å². The molecule has 0 bridgehead atoms. The lowest BCUT2D eigenvalue weighted by Gasteiger charge is -2.37. The second-order valence-corrected chi connectivity index (χ2v) is 11.8. The van der Waals surface area contributed by atoms with Crippen LogP contribution >= 0.6 is 0 Å². The Morgan fingerprint density at radius 3 is 1.56 bits per heavy atom. The smallest absolute Gasteiger partial charge is 0.210 e. The third-order valence-corrected chi connectivity index (χ3v) is 8.71. The third kappa shape index (κ3) is 5.80. The summed E-state index contributed by atoms with van der Waals surface area (Å²) in [5.41, 5.74) is 4.85. The Kier molecular flexibility index (Phi) is 8.92. The maximum absolute atomic E-state index is 5.95. The standard InChI is InChI=1S/C39H40N4O2/c1-28(2)35-37(44-3)42-36(38(41-35)45-4)33(25-29-17-9-5-10-18-29)34-26-43(27-40-34)39(30-19-11-6-12-20-30,31-21-13-7-14-22-31)32-23-15-8-16-24-32/h5-24,26-28,33,35-36H,25H2,1-4H3/t33?,35-,36+/m1/s1. The first-order chi connectivity index (χ1) is 22.1. The number of ether oxygens (including phenoxy) is 2. The third-order valence-electron chi connectivity index (χ3n) is 8.71. The second kappa shape index (κ2) is 13.3. The van der Waals surface area contributed by atoms with E-state index in [0.29, 0.717) is 18.2 Å². The van der Waals surface area contributed by atoms with Gasteiger partial charge in [0.05, 0.1) is 26.2 Å². The van der Waals surface area contributed by atoms with Crippen molar-refractivity contribution in [1.29, 1.82) is 0 Å². The predicted molar refractivity (Wildman–Crippen MR) is 181 cm³/mol. The average molecular weight is 597 g/mol. The van der Waals surface area contributed by atoms with E-state index in [-0.39, 0.29) is 17.9 Å². The fourth-order valence-corrected chi connectivity index (χ4v) is 6.52. The molecule has 2 heterocycles. The molecule has 0 spiro atoms. The van der Waals surface area contributed by atoms with Gasteiger partial charge in [-0.1, -0.05) is 135 Å². The molecule has 1 aliphatic heterocycles. The molecule has 5 aromatic rings. The quantitative estimate of drug-likeness (QED) is 0.165. The molecule has 1 aliphatic rings. The van der Waals surface area contributed by atoms with Crippen LogP contribution in [0, 0.1) is 5.92 Å². The molecular weight excluding hydrogens is 556 g/mol. The van der Waals surface area contributed by atoms with Crippen molar-refractivity contribution in [1.82, 2.24) is 9.55 Å². The highest BCUT2D eigenvalue weighted by Crippen LogP contribution is 2.42. The van der Waals surface area contributed by atoms with E-state index >= 15 is 0 Å². The van der Waals surface area contributed by atoms with Crippen molar-refractivity contribution in [2.45, 2.75) is 43.8 Å². The highest BCUT2D eigenvalue weighted by Gasteiger charge is 2.41. The molecule has 0 aliphatic carbocycles. The van der Waals surface area contributed by atoms with Crippen molar-refractivity contribution >= 4 is 11.8 Å². The van der Waals surface area contributed by atoms with Crippen LogP contribution in [0.4, 0.5) is 0 Å². The largest absolute Gasteiger partial charge is 0.483 e. The summed E-state index contributed by atoms with van der Waals surface area (Å²) in [4.78, 5) is 15.3. The number of aliphatic imine (C=N–C) groups is 2. The summed E-state index contributed by atoms with van der Waals surface area (Å²) >= 11 is 0. The van der Waals surface area contributed by atoms with Gasteiger partial charge in [-0.05, 0) is 34.6 Å². The molecule has 6 rings (SSSR count). The van der Waals surface area contributed by atoms with Gasteiger partial charge in [0, 0.05) is 12.1 Å². The summed E-state index contributed by atoms with van der Waals surface area (Å²) in [7, 11) is 3.35. The number of aromatic nitrogens is 2. The Bertz CT molecular complexity index is 1630. The molecule has 6 heteroatoms. The van der Waals surface area contributed by atoms with E-state index in [1.54, 1.807) is 14.2 Å². The lowest BCUT2D eigenvalue weighted by molar-refractivity contribution is 0.325. The summed E-state index contributed by atoms with van der Waals surface area (Å²) in [6.45, 7) is 4.24. The van der Waals surface area contributed by atoms with Crippen LogP contribution in [-0.4, -0.2) is 47.6 Å². The minimum Gasteiger partial charge on any atom is -0.483 e. The number of imidazole rings is 1. The number of rotatable bonds is 9. The number of methoxy groups -OCH3 is 2. The van der Waals surface area contributed by atoms with Gasteiger partial charge in [-0.25, -0.2) is 15.0 Å². The molecule has 45 heavy (non-hydrogen) atoms. The molecule has 0 saturated heterocycles. The van der Waals surface area contributed by atoms with Crippen LogP contribution in [-0.2, 0) is 21.4 Å². The van der Waals surface area contributed by atoms with Crippen molar-refractivity contribution in [3.05, 3.63) is 162 Å². The number of hydrogen-bond donors (Lipinski definition) is 0. The van der Waals surface area contributed by atoms with E-state index in [9.17, 15) is 0 Å². The maximum atomic E-state index is 5.95. The van der Waals surface area contributed by atoms with Crippen LogP contribution in [0.1, 0.15) is 47.7 Å². The minimum atomic E-state index is -0.666. The molecule has 0 saturated carbocycles. The lowest BCUT2D eigenvalue weighted by atomic mass is 9.76. The van der Waals surface area contributed by atoms with Crippen LogP contribution in [0.25, 0.3) is 0 Å². The molecule has 3 atom stereocenters. The van der Waals surface area contributed by atoms with Crippen LogP contribution in [0.5, 0.6) is 0 Å². The molecule has 6 nitrogen and oxygen atoms in total. The van der Waals surface area contributed by atoms with Gasteiger partial charge in [0.1, 0.15) is 17.6 Å². The van der Waals surface area contributed by atoms with Crippen molar-refractivity contribution in [2.75, 3.05) is 14.2 Å². The van der Waals surface area contributed by atoms with E-state index in [1.165, 1.54) is 5.56 Å². The Hall–Kier alpha value is -4.97. The molecule has 0 N–H and O–H groups in total. The molecule has 0 radical (unpaired) electrons. The molecule has 1 unspecified atom stereocenters. The van der Waals surface area contributed by atoms with Gasteiger partial charge in [0.25, 0.3) is 0 Å². The zero-order valence-electron chi connectivity index (χ0n) is 26.3. The molecule has 0 amide bonds. The second-order valence-electron chi connectivity index (χ2n) is 11.8. The van der Waals surface area contributed by atoms with Gasteiger partial charge >= 0.3 is 0 Å². The minimum absolute atomic E-state index is 0.161. The first kappa shape index (κ1) is 30.1. The van der Waals surface area contributed by atoms with E-state index in [4.69, 9.17) is 24.4 Å². The van der Waals surface area contributed by atoms with Crippen LogP contribution in [0.15, 0.2) is 144 Å². The fourth-order valence-electron chi connectivity index (χ4n) is 6.52. The van der Waals surface area contributed by atoms with Gasteiger partial charge in [-0.3, -0.25) is 0 Å². The Morgan fingerprint density at radius 2 is 1.09 bits per heavy atom. The summed E-state index contributed by atoms with van der Waals surface area (Å²) < 4.78 is 14.0. The SMILES string of the molecule is COC1=N[C@H](C(C)C)C(OC)=N[C@H]1C(Cc1ccccc1)c1cn(C(c2ccccc2)(c2ccccc2)c2ccccc2)cn1. The fraction of sp³-hybridized carbons (Fsp3) is 0.256. The highest BCUT2D eigenvalue weighted by atomic mass is 16.5. The van der Waals surface area contributed by atoms with Gasteiger partial charge in [0.2, 0.25) is 11.8 Å². The topological polar surface area (TPSA) is 61.0 Å². The van der Waals surface area contributed by atoms with E-state index in [0.717, 1.165) is 22.4 Å². The number of hydrogen-bond acceptors (Lipinski definition) is 5. The van der Waals surface area contributed by atoms with Crippen LogP contribution in [0.3, 0.4) is 0 Å². The first-order valence-electron chi connectivity index (χ1n) is 15.5. The first-order valence-corrected chi connectivity index (χ1v) is 15.5. The highest BCUT2D eigenvalue weighted by molar-refractivity contribution is 5.94. The molecule has 0 fully saturated rings. The summed E-state index contributed by atoms with van der Waals surface area (Å²) in [6.07, 6.45) is 4.85. The Morgan fingerprint density at radius 1 is 0.644 bits per heavy atom. The van der Waals surface area contributed by atoms with Crippen LogP contribution < -0.4 is 0 Å². The molecule has 4 aromatic carbocycles. The monoisotopic (exact) mass is 596 g/mol. The van der Waals surface area contributed by atoms with Crippen molar-refractivity contribution < 1.29 is 9.47 Å². The Labute approximate surface area is 266 Å². The summed E-state index contributed by atoms with van der Waals surface area (Å²) in [5, 5.41) is 0. The van der Waals surface area contributed by atoms with E-state index in [2.05, 4.69) is 140 Å². The summed E-state index contributed by atoms with van der Waals surface area (Å²) in [5.74, 6) is 1.28. The normalized spacial score (nSPS) is 17.4. The van der Waals surface area contributed by atoms with Gasteiger partial charge in [0.15, 0.2) is 0 Å². The zero-order valence-corrected chi connectivity index (χ0v) is 26.3. The van der Waals surface area contributed by atoms with Crippen molar-refractivity contribution in [3.8, 4) is 0 Å². The molecule has 228 valence electrons. The lowest BCUT2D eigenvalue weighted by Crippen LogP contribution is -2.40. The van der Waals surface area contributed by atoms with Gasteiger partial charge in [-0.15, -0.1) is 0 Å². The predicted octanol–water partition coefficient (Wildman–Crippen LogP) is 7.55. The van der Waals surface area contributed by atoms with E-state index < -0.39 is 11.6 Å². The molecule has 1 aromatic heterocycles. The number of nitrogens with zero attached hydrogens (tertiary/aromatic N) is 4. The van der Waals surface area contributed by atoms with Crippen LogP contribution in [0.2, 0.25) is 0 Å². The molecular formula is C39H40N4O2. The zero-order chi connectivity index (χ0) is 31.2. The summed E-state index contributed by atoms with van der Waals surface area (Å²) in [6, 6.07) is 41.8. The van der Waals surface area contributed by atoms with Gasteiger partial charge < -0.3 is 14.0 Å². The van der Waals surface area contributed by atoms with Crippen molar-refractivity contribution in [3.63, 3.8) is 0 Å². The number of benzene rings is 4. The maximum Gasteiger partial charge on any atom is 0.210 e.